The van der Waals surface area contributed by atoms with E-state index in [-0.39, 0.29) is 5.82 Å². The molecule has 0 fully saturated rings. The van der Waals surface area contributed by atoms with E-state index in [2.05, 4.69) is 22.0 Å². The SMILES string of the molecule is CN(Cc1ccccc1)c1cc(-c2ccc(F)cc2)nc(-c2ccncc2)n1. The summed E-state index contributed by atoms with van der Waals surface area (Å²) in [6, 6.07) is 22.3. The number of rotatable bonds is 5. The van der Waals surface area contributed by atoms with Gasteiger partial charge in [0.05, 0.1) is 5.69 Å². The summed E-state index contributed by atoms with van der Waals surface area (Å²) in [4.78, 5) is 15.6. The van der Waals surface area contributed by atoms with Gasteiger partial charge in [0.25, 0.3) is 0 Å². The van der Waals surface area contributed by atoms with Crippen LogP contribution in [-0.4, -0.2) is 22.0 Å². The second-order valence-electron chi connectivity index (χ2n) is 6.52. The van der Waals surface area contributed by atoms with Gasteiger partial charge in [-0.2, -0.15) is 0 Å². The van der Waals surface area contributed by atoms with Crippen molar-refractivity contribution in [3.63, 3.8) is 0 Å². The van der Waals surface area contributed by atoms with Crippen LogP contribution in [0.15, 0.2) is 85.2 Å². The first kappa shape index (κ1) is 17.8. The maximum atomic E-state index is 13.3. The Morgan fingerprint density at radius 2 is 1.54 bits per heavy atom. The van der Waals surface area contributed by atoms with Gasteiger partial charge >= 0.3 is 0 Å². The third kappa shape index (κ3) is 4.04. The van der Waals surface area contributed by atoms with E-state index in [4.69, 9.17) is 9.97 Å². The first-order chi connectivity index (χ1) is 13.7. The molecule has 0 aliphatic carbocycles. The summed E-state index contributed by atoms with van der Waals surface area (Å²) >= 11 is 0. The summed E-state index contributed by atoms with van der Waals surface area (Å²) in [6.45, 7) is 0.719. The van der Waals surface area contributed by atoms with Crippen molar-refractivity contribution in [2.45, 2.75) is 6.54 Å². The Balaban J connectivity index is 1.76. The van der Waals surface area contributed by atoms with Gasteiger partial charge in [-0.3, -0.25) is 4.98 Å². The molecule has 2 heterocycles. The summed E-state index contributed by atoms with van der Waals surface area (Å²) in [5, 5.41) is 0. The van der Waals surface area contributed by atoms with E-state index in [9.17, 15) is 4.39 Å². The fourth-order valence-electron chi connectivity index (χ4n) is 2.97. The fourth-order valence-corrected chi connectivity index (χ4v) is 2.97. The molecule has 4 rings (SSSR count). The highest BCUT2D eigenvalue weighted by molar-refractivity contribution is 5.67. The molecule has 0 N–H and O–H groups in total. The number of anilines is 1. The summed E-state index contributed by atoms with van der Waals surface area (Å²) in [5.74, 6) is 1.14. The molecule has 0 saturated heterocycles. The molecule has 4 nitrogen and oxygen atoms in total. The molecule has 28 heavy (non-hydrogen) atoms. The van der Waals surface area contributed by atoms with Crippen LogP contribution >= 0.6 is 0 Å². The molecule has 0 spiro atoms. The second-order valence-corrected chi connectivity index (χ2v) is 6.52. The van der Waals surface area contributed by atoms with Gasteiger partial charge in [-0.1, -0.05) is 30.3 Å². The summed E-state index contributed by atoms with van der Waals surface area (Å²) < 4.78 is 13.3. The Morgan fingerprint density at radius 3 is 2.25 bits per heavy atom. The molecule has 2 aromatic carbocycles. The van der Waals surface area contributed by atoms with Gasteiger partial charge in [0, 0.05) is 43.2 Å². The molecule has 0 aliphatic heterocycles. The number of pyridine rings is 1. The van der Waals surface area contributed by atoms with E-state index in [1.54, 1.807) is 24.5 Å². The van der Waals surface area contributed by atoms with Gasteiger partial charge in [0.1, 0.15) is 11.6 Å². The number of halogens is 1. The van der Waals surface area contributed by atoms with Crippen LogP contribution < -0.4 is 4.90 Å². The van der Waals surface area contributed by atoms with Gasteiger partial charge in [0.15, 0.2) is 5.82 Å². The predicted molar refractivity (Wildman–Crippen MR) is 109 cm³/mol. The van der Waals surface area contributed by atoms with Gasteiger partial charge < -0.3 is 4.90 Å². The van der Waals surface area contributed by atoms with Crippen LogP contribution in [0, 0.1) is 5.82 Å². The van der Waals surface area contributed by atoms with Crippen LogP contribution in [0.25, 0.3) is 22.6 Å². The highest BCUT2D eigenvalue weighted by atomic mass is 19.1. The average molecular weight is 370 g/mol. The Morgan fingerprint density at radius 1 is 0.821 bits per heavy atom. The number of aromatic nitrogens is 3. The molecule has 0 atom stereocenters. The number of benzene rings is 2. The van der Waals surface area contributed by atoms with E-state index in [1.807, 2.05) is 43.4 Å². The standard InChI is InChI=1S/C23H19FN4/c1-28(16-17-5-3-2-4-6-17)22-15-21(18-7-9-20(24)10-8-18)26-23(27-22)19-11-13-25-14-12-19/h2-15H,16H2,1H3. The van der Waals surface area contributed by atoms with Crippen molar-refractivity contribution >= 4 is 5.82 Å². The smallest absolute Gasteiger partial charge is 0.162 e. The van der Waals surface area contributed by atoms with E-state index >= 15 is 0 Å². The third-order valence-corrected chi connectivity index (χ3v) is 4.44. The molecule has 0 amide bonds. The van der Waals surface area contributed by atoms with E-state index in [0.29, 0.717) is 5.82 Å². The van der Waals surface area contributed by atoms with Crippen molar-refractivity contribution in [3.8, 4) is 22.6 Å². The quantitative estimate of drug-likeness (QED) is 0.497. The van der Waals surface area contributed by atoms with Gasteiger partial charge in [-0.05, 0) is 42.0 Å². The lowest BCUT2D eigenvalue weighted by Crippen LogP contribution is -2.18. The van der Waals surface area contributed by atoms with Crippen molar-refractivity contribution in [1.82, 2.24) is 15.0 Å². The normalized spacial score (nSPS) is 10.6. The van der Waals surface area contributed by atoms with Crippen molar-refractivity contribution in [3.05, 3.63) is 96.6 Å². The van der Waals surface area contributed by atoms with E-state index < -0.39 is 0 Å². The molecule has 0 bridgehead atoms. The van der Waals surface area contributed by atoms with Crippen LogP contribution in [-0.2, 0) is 6.54 Å². The zero-order chi connectivity index (χ0) is 19.3. The van der Waals surface area contributed by atoms with Crippen molar-refractivity contribution < 1.29 is 4.39 Å². The van der Waals surface area contributed by atoms with Crippen LogP contribution in [0.3, 0.4) is 0 Å². The van der Waals surface area contributed by atoms with Crippen LogP contribution in [0.1, 0.15) is 5.56 Å². The zero-order valence-electron chi connectivity index (χ0n) is 15.5. The summed E-state index contributed by atoms with van der Waals surface area (Å²) in [6.07, 6.45) is 3.44. The zero-order valence-corrected chi connectivity index (χ0v) is 15.5. The monoisotopic (exact) mass is 370 g/mol. The van der Waals surface area contributed by atoms with Crippen LogP contribution in [0.2, 0.25) is 0 Å². The predicted octanol–water partition coefficient (Wildman–Crippen LogP) is 4.98. The maximum Gasteiger partial charge on any atom is 0.162 e. The van der Waals surface area contributed by atoms with E-state index in [0.717, 1.165) is 29.2 Å². The van der Waals surface area contributed by atoms with Gasteiger partial charge in [-0.25, -0.2) is 14.4 Å². The molecule has 4 aromatic rings. The molecular weight excluding hydrogens is 351 g/mol. The third-order valence-electron chi connectivity index (χ3n) is 4.44. The van der Waals surface area contributed by atoms with Crippen molar-refractivity contribution in [1.29, 1.82) is 0 Å². The lowest BCUT2D eigenvalue weighted by molar-refractivity contribution is 0.628. The highest BCUT2D eigenvalue weighted by Gasteiger charge is 2.12. The topological polar surface area (TPSA) is 41.9 Å². The molecule has 0 radical (unpaired) electrons. The minimum absolute atomic E-state index is 0.270. The maximum absolute atomic E-state index is 13.3. The fraction of sp³-hybridized carbons (Fsp3) is 0.0870. The first-order valence-electron chi connectivity index (χ1n) is 8.99. The molecular formula is C23H19FN4. The molecule has 5 heteroatoms. The second kappa shape index (κ2) is 7.96. The lowest BCUT2D eigenvalue weighted by atomic mass is 10.1. The van der Waals surface area contributed by atoms with Crippen LogP contribution in [0.4, 0.5) is 10.2 Å². The molecule has 2 aromatic heterocycles. The highest BCUT2D eigenvalue weighted by Crippen LogP contribution is 2.26. The largest absolute Gasteiger partial charge is 0.355 e. The molecule has 138 valence electrons. The van der Waals surface area contributed by atoms with Gasteiger partial charge in [-0.15, -0.1) is 0 Å². The molecule has 0 unspecified atom stereocenters. The number of hydrogen-bond acceptors (Lipinski definition) is 4. The van der Waals surface area contributed by atoms with Crippen LogP contribution in [0.5, 0.6) is 0 Å². The number of hydrogen-bond donors (Lipinski definition) is 0. The van der Waals surface area contributed by atoms with E-state index in [1.165, 1.54) is 17.7 Å². The first-order valence-corrected chi connectivity index (χ1v) is 8.99. The Hall–Kier alpha value is -3.60. The van der Waals surface area contributed by atoms with Crippen molar-refractivity contribution in [2.24, 2.45) is 0 Å². The lowest BCUT2D eigenvalue weighted by Gasteiger charge is -2.20. The Kier molecular flexibility index (Phi) is 5.06. The average Bonchev–Trinajstić information content (AvgIpc) is 2.75. The minimum atomic E-state index is -0.270. The molecule has 0 saturated carbocycles. The summed E-state index contributed by atoms with van der Waals surface area (Å²) in [7, 11) is 2.00. The Bertz CT molecular complexity index is 1050. The number of nitrogens with zero attached hydrogens (tertiary/aromatic N) is 4. The van der Waals surface area contributed by atoms with Crippen molar-refractivity contribution in [2.75, 3.05) is 11.9 Å². The van der Waals surface area contributed by atoms with Gasteiger partial charge in [0.2, 0.25) is 0 Å². The summed E-state index contributed by atoms with van der Waals surface area (Å²) in [5.41, 5.74) is 3.66. The molecule has 0 aliphatic rings. The Labute approximate surface area is 163 Å². The minimum Gasteiger partial charge on any atom is -0.355 e.